The molecule has 14 heteroatoms. The highest BCUT2D eigenvalue weighted by Crippen LogP contribution is 2.39. The summed E-state index contributed by atoms with van der Waals surface area (Å²) in [7, 11) is 0.177. The minimum Gasteiger partial charge on any atom is -0.361 e. The Labute approximate surface area is 255 Å². The Bertz CT molecular complexity index is 1770. The lowest BCUT2D eigenvalue weighted by atomic mass is 10.1. The first-order chi connectivity index (χ1) is 20.6. The van der Waals surface area contributed by atoms with E-state index in [2.05, 4.69) is 34.6 Å². The second-order valence-corrected chi connectivity index (χ2v) is 18.2. The second kappa shape index (κ2) is 12.0. The topological polar surface area (TPSA) is 57.8 Å². The van der Waals surface area contributed by atoms with Gasteiger partial charge in [0.05, 0.1) is 22.2 Å². The molecule has 0 aliphatic heterocycles. The van der Waals surface area contributed by atoms with Gasteiger partial charge in [0, 0.05) is 50.1 Å². The number of rotatable bonds is 9. The van der Waals surface area contributed by atoms with Crippen molar-refractivity contribution in [1.82, 2.24) is 24.1 Å². The fraction of sp³-hybridized carbons (Fsp3) is 0.300. The predicted octanol–water partition coefficient (Wildman–Crippen LogP) is 9.00. The molecule has 6 nitrogen and oxygen atoms in total. The summed E-state index contributed by atoms with van der Waals surface area (Å²) in [6, 6.07) is 13.0. The first kappa shape index (κ1) is 31.8. The number of ether oxygens (including phenoxy) is 1. The van der Waals surface area contributed by atoms with Crippen LogP contribution in [0, 0.1) is 0 Å². The van der Waals surface area contributed by atoms with Gasteiger partial charge in [-0.25, -0.2) is 15.0 Å². The maximum Gasteiger partial charge on any atom is 0.434 e. The van der Waals surface area contributed by atoms with Crippen LogP contribution in [0.1, 0.15) is 11.3 Å². The Morgan fingerprint density at radius 2 is 1.59 bits per heavy atom. The maximum atomic E-state index is 13.8. The summed E-state index contributed by atoms with van der Waals surface area (Å²) >= 11 is 1.32. The predicted molar refractivity (Wildman–Crippen MR) is 160 cm³/mol. The van der Waals surface area contributed by atoms with Gasteiger partial charge in [0.15, 0.2) is 11.5 Å². The number of fused-ring (bicyclic) bond motifs is 1. The third kappa shape index (κ3) is 7.19. The van der Waals surface area contributed by atoms with Gasteiger partial charge in [-0.2, -0.15) is 26.3 Å². The molecule has 5 rings (SSSR count). The van der Waals surface area contributed by atoms with Gasteiger partial charge < -0.3 is 13.9 Å². The number of aryl methyl sites for hydroxylation is 1. The molecule has 3 aromatic heterocycles. The van der Waals surface area contributed by atoms with E-state index in [9.17, 15) is 26.3 Å². The van der Waals surface area contributed by atoms with Crippen molar-refractivity contribution in [3.63, 3.8) is 0 Å². The van der Waals surface area contributed by atoms with Gasteiger partial charge in [-0.05, 0) is 24.2 Å². The SMILES string of the molecule is Cn1cc(C(F)(F)F)nc1-c1ccc(Sc2cn(COCC[Si](C)(C)C)c3cnc(-c4ccccc4C(F)(F)F)nc23)cc1. The monoisotopic (exact) mass is 649 g/mol. The van der Waals surface area contributed by atoms with Crippen molar-refractivity contribution in [3.05, 3.63) is 78.4 Å². The molecule has 0 atom stereocenters. The normalized spacial score (nSPS) is 12.8. The summed E-state index contributed by atoms with van der Waals surface area (Å²) in [5.74, 6) is 0.108. The van der Waals surface area contributed by atoms with E-state index in [-0.39, 0.29) is 23.9 Å². The number of hydrogen-bond acceptors (Lipinski definition) is 5. The molecular weight excluding hydrogens is 621 g/mol. The number of aromatic nitrogens is 5. The average Bonchev–Trinajstić information content (AvgIpc) is 3.51. The lowest BCUT2D eigenvalue weighted by Crippen LogP contribution is -2.21. The summed E-state index contributed by atoms with van der Waals surface area (Å²) in [5.41, 5.74) is -0.391. The Balaban J connectivity index is 1.49. The standard InChI is InChI=1S/C30H29F6N5OSSi/c1-40-17-25(30(34,35)36)38-28(40)19-9-11-20(12-10-19)43-24-16-41(18-42-13-14-44(2,3)4)23-15-37-27(39-26(23)24)21-7-5-6-8-22(21)29(31,32)33/h5-12,15-17H,13-14,18H2,1-4H3. The maximum absolute atomic E-state index is 13.8. The average molecular weight is 650 g/mol. The molecule has 0 amide bonds. The van der Waals surface area contributed by atoms with Crippen LogP contribution in [0.2, 0.25) is 25.7 Å². The smallest absolute Gasteiger partial charge is 0.361 e. The third-order valence-electron chi connectivity index (χ3n) is 6.79. The van der Waals surface area contributed by atoms with Gasteiger partial charge in [0.2, 0.25) is 0 Å². The number of benzene rings is 2. The summed E-state index contributed by atoms with van der Waals surface area (Å²) in [4.78, 5) is 14.0. The molecule has 0 aliphatic carbocycles. The molecule has 2 aromatic carbocycles. The first-order valence-electron chi connectivity index (χ1n) is 13.6. The van der Waals surface area contributed by atoms with Crippen LogP contribution in [0.5, 0.6) is 0 Å². The van der Waals surface area contributed by atoms with Gasteiger partial charge in [0.25, 0.3) is 0 Å². The van der Waals surface area contributed by atoms with Crippen molar-refractivity contribution >= 4 is 30.9 Å². The summed E-state index contributed by atoms with van der Waals surface area (Å²) < 4.78 is 89.8. The van der Waals surface area contributed by atoms with Crippen LogP contribution >= 0.6 is 11.8 Å². The lowest BCUT2D eigenvalue weighted by Gasteiger charge is -2.15. The second-order valence-electron chi connectivity index (χ2n) is 11.5. The number of hydrogen-bond donors (Lipinski definition) is 0. The molecular formula is C30H29F6N5OSSi. The third-order valence-corrected chi connectivity index (χ3v) is 9.52. The van der Waals surface area contributed by atoms with E-state index in [4.69, 9.17) is 4.74 Å². The summed E-state index contributed by atoms with van der Waals surface area (Å²) in [5, 5.41) is 0. The summed E-state index contributed by atoms with van der Waals surface area (Å²) in [6.07, 6.45) is -4.88. The van der Waals surface area contributed by atoms with Gasteiger partial charge in [0.1, 0.15) is 18.1 Å². The number of imidazole rings is 1. The molecule has 0 unspecified atom stereocenters. The zero-order valence-corrected chi connectivity index (χ0v) is 26.1. The molecule has 232 valence electrons. The molecule has 3 heterocycles. The zero-order chi connectivity index (χ0) is 31.9. The Morgan fingerprint density at radius 1 is 0.886 bits per heavy atom. The summed E-state index contributed by atoms with van der Waals surface area (Å²) in [6.45, 7) is 7.53. The van der Waals surface area contributed by atoms with Crippen LogP contribution in [-0.2, 0) is 30.9 Å². The minimum atomic E-state index is -4.58. The highest BCUT2D eigenvalue weighted by Gasteiger charge is 2.35. The molecule has 0 saturated heterocycles. The fourth-order valence-electron chi connectivity index (χ4n) is 4.49. The van der Waals surface area contributed by atoms with Gasteiger partial charge in [-0.1, -0.05) is 61.7 Å². The molecule has 0 fully saturated rings. The van der Waals surface area contributed by atoms with Crippen molar-refractivity contribution in [2.45, 2.75) is 54.6 Å². The number of nitrogens with zero attached hydrogens (tertiary/aromatic N) is 5. The number of halogens is 6. The Hall–Kier alpha value is -3.62. The van der Waals surface area contributed by atoms with Gasteiger partial charge in [-0.3, -0.25) is 0 Å². The molecule has 0 aliphatic rings. The lowest BCUT2D eigenvalue weighted by molar-refractivity contribution is -0.141. The molecule has 0 saturated carbocycles. The van der Waals surface area contributed by atoms with Crippen molar-refractivity contribution in [1.29, 1.82) is 0 Å². The first-order valence-corrected chi connectivity index (χ1v) is 18.1. The largest absolute Gasteiger partial charge is 0.434 e. The van der Waals surface area contributed by atoms with Gasteiger partial charge in [-0.15, -0.1) is 0 Å². The zero-order valence-electron chi connectivity index (χ0n) is 24.3. The van der Waals surface area contributed by atoms with E-state index in [1.54, 1.807) is 24.3 Å². The van der Waals surface area contributed by atoms with Crippen molar-refractivity contribution < 1.29 is 31.1 Å². The van der Waals surface area contributed by atoms with E-state index in [0.29, 0.717) is 28.1 Å². The van der Waals surface area contributed by atoms with Crippen molar-refractivity contribution in [2.75, 3.05) is 6.61 Å². The molecule has 5 aromatic rings. The highest BCUT2D eigenvalue weighted by atomic mass is 32.2. The van der Waals surface area contributed by atoms with E-state index in [1.165, 1.54) is 47.8 Å². The van der Waals surface area contributed by atoms with Crippen LogP contribution in [0.3, 0.4) is 0 Å². The Morgan fingerprint density at radius 3 is 2.23 bits per heavy atom. The van der Waals surface area contributed by atoms with E-state index >= 15 is 0 Å². The highest BCUT2D eigenvalue weighted by molar-refractivity contribution is 7.99. The van der Waals surface area contributed by atoms with Crippen molar-refractivity contribution in [2.24, 2.45) is 7.05 Å². The minimum absolute atomic E-state index is 0.0599. The molecule has 0 bridgehead atoms. The van der Waals surface area contributed by atoms with Crippen LogP contribution in [-0.4, -0.2) is 38.8 Å². The van der Waals surface area contributed by atoms with Crippen LogP contribution < -0.4 is 0 Å². The van der Waals surface area contributed by atoms with E-state index in [0.717, 1.165) is 23.2 Å². The quantitative estimate of drug-likeness (QED) is 0.0907. The van der Waals surface area contributed by atoms with Crippen LogP contribution in [0.15, 0.2) is 76.9 Å². The Kier molecular flexibility index (Phi) is 8.71. The number of alkyl halides is 6. The molecule has 0 spiro atoms. The molecule has 0 N–H and O–H groups in total. The van der Waals surface area contributed by atoms with Crippen LogP contribution in [0.4, 0.5) is 26.3 Å². The van der Waals surface area contributed by atoms with Crippen molar-refractivity contribution in [3.8, 4) is 22.8 Å². The molecule has 44 heavy (non-hydrogen) atoms. The van der Waals surface area contributed by atoms with E-state index in [1.807, 2.05) is 10.8 Å². The molecule has 0 radical (unpaired) electrons. The van der Waals surface area contributed by atoms with E-state index < -0.39 is 31.7 Å². The fourth-order valence-corrected chi connectivity index (χ4v) is 6.20. The van der Waals surface area contributed by atoms with Gasteiger partial charge >= 0.3 is 12.4 Å². The van der Waals surface area contributed by atoms with Crippen LogP contribution in [0.25, 0.3) is 33.8 Å².